The smallest absolute Gasteiger partial charge is 0.326 e. The quantitative estimate of drug-likeness (QED) is 0.817. The molecule has 3 atom stereocenters. The number of carbonyl (C=O) groups excluding carboxylic acids is 1. The van der Waals surface area contributed by atoms with Crippen molar-refractivity contribution in [2.24, 2.45) is 0 Å². The highest BCUT2D eigenvalue weighted by Crippen LogP contribution is 2.25. The molecule has 0 bridgehead atoms. The SMILES string of the molecule is COC1CC(C(=O)O)N(C(=O)N2CCCCC2C)C1. The zero-order chi connectivity index (χ0) is 14.0. The third-order valence-electron chi connectivity index (χ3n) is 4.18. The zero-order valence-electron chi connectivity index (χ0n) is 11.5. The maximum Gasteiger partial charge on any atom is 0.326 e. The molecule has 0 radical (unpaired) electrons. The second kappa shape index (κ2) is 5.77. The molecular formula is C13H22N2O4. The fourth-order valence-electron chi connectivity index (χ4n) is 2.96. The van der Waals surface area contributed by atoms with Gasteiger partial charge in [0.05, 0.1) is 6.10 Å². The number of piperidine rings is 1. The van der Waals surface area contributed by atoms with Gasteiger partial charge in [-0.2, -0.15) is 0 Å². The van der Waals surface area contributed by atoms with Crippen LogP contribution in [0.3, 0.4) is 0 Å². The number of carboxylic acids is 1. The van der Waals surface area contributed by atoms with Crippen LogP contribution in [0.2, 0.25) is 0 Å². The van der Waals surface area contributed by atoms with Crippen molar-refractivity contribution in [3.8, 4) is 0 Å². The molecule has 2 fully saturated rings. The minimum atomic E-state index is -0.947. The Bertz CT molecular complexity index is 361. The van der Waals surface area contributed by atoms with E-state index in [1.807, 2.05) is 6.92 Å². The highest BCUT2D eigenvalue weighted by atomic mass is 16.5. The van der Waals surface area contributed by atoms with Gasteiger partial charge in [-0.3, -0.25) is 0 Å². The van der Waals surface area contributed by atoms with Crippen molar-refractivity contribution in [1.29, 1.82) is 0 Å². The highest BCUT2D eigenvalue weighted by molar-refractivity contribution is 5.83. The lowest BCUT2D eigenvalue weighted by Crippen LogP contribution is -2.52. The van der Waals surface area contributed by atoms with E-state index in [1.54, 1.807) is 12.0 Å². The van der Waals surface area contributed by atoms with Crippen molar-refractivity contribution < 1.29 is 19.4 Å². The summed E-state index contributed by atoms with van der Waals surface area (Å²) < 4.78 is 5.21. The fourth-order valence-corrected chi connectivity index (χ4v) is 2.96. The van der Waals surface area contributed by atoms with E-state index in [4.69, 9.17) is 4.74 Å². The van der Waals surface area contributed by atoms with Crippen LogP contribution in [0.25, 0.3) is 0 Å². The Morgan fingerprint density at radius 2 is 2.00 bits per heavy atom. The summed E-state index contributed by atoms with van der Waals surface area (Å²) in [5.41, 5.74) is 0. The van der Waals surface area contributed by atoms with E-state index in [1.165, 1.54) is 4.90 Å². The number of nitrogens with zero attached hydrogens (tertiary/aromatic N) is 2. The molecule has 2 aliphatic heterocycles. The zero-order valence-corrected chi connectivity index (χ0v) is 11.5. The number of methoxy groups -OCH3 is 1. The van der Waals surface area contributed by atoms with Gasteiger partial charge in [-0.1, -0.05) is 0 Å². The van der Waals surface area contributed by atoms with Gasteiger partial charge >= 0.3 is 12.0 Å². The van der Waals surface area contributed by atoms with E-state index in [-0.39, 0.29) is 18.2 Å². The van der Waals surface area contributed by atoms with Gasteiger partial charge in [0.25, 0.3) is 0 Å². The van der Waals surface area contributed by atoms with Gasteiger partial charge in [0.1, 0.15) is 6.04 Å². The van der Waals surface area contributed by atoms with Gasteiger partial charge in [-0.25, -0.2) is 9.59 Å². The summed E-state index contributed by atoms with van der Waals surface area (Å²) in [6.45, 7) is 3.12. The van der Waals surface area contributed by atoms with E-state index in [0.717, 1.165) is 25.8 Å². The average molecular weight is 270 g/mol. The molecule has 0 aromatic heterocycles. The molecule has 0 aromatic carbocycles. The number of urea groups is 1. The molecule has 19 heavy (non-hydrogen) atoms. The van der Waals surface area contributed by atoms with Crippen molar-refractivity contribution >= 4 is 12.0 Å². The van der Waals surface area contributed by atoms with Crippen LogP contribution in [0.5, 0.6) is 0 Å². The Balaban J connectivity index is 2.09. The Morgan fingerprint density at radius 3 is 2.58 bits per heavy atom. The largest absolute Gasteiger partial charge is 0.480 e. The van der Waals surface area contributed by atoms with E-state index in [2.05, 4.69) is 0 Å². The first-order chi connectivity index (χ1) is 9.04. The normalized spacial score (nSPS) is 31.6. The van der Waals surface area contributed by atoms with Crippen LogP contribution in [0.1, 0.15) is 32.6 Å². The molecule has 2 heterocycles. The monoisotopic (exact) mass is 270 g/mol. The van der Waals surface area contributed by atoms with Crippen LogP contribution in [-0.2, 0) is 9.53 Å². The van der Waals surface area contributed by atoms with Crippen LogP contribution >= 0.6 is 0 Å². The summed E-state index contributed by atoms with van der Waals surface area (Å²) in [4.78, 5) is 27.1. The molecule has 0 spiro atoms. The molecule has 6 nitrogen and oxygen atoms in total. The highest BCUT2D eigenvalue weighted by Gasteiger charge is 2.42. The molecule has 2 aliphatic rings. The van der Waals surface area contributed by atoms with E-state index < -0.39 is 12.0 Å². The summed E-state index contributed by atoms with van der Waals surface area (Å²) in [5.74, 6) is -0.947. The predicted molar refractivity (Wildman–Crippen MR) is 69.0 cm³/mol. The summed E-state index contributed by atoms with van der Waals surface area (Å²) in [5, 5.41) is 9.24. The summed E-state index contributed by atoms with van der Waals surface area (Å²) in [6, 6.07) is -0.719. The first kappa shape index (κ1) is 14.1. The number of carboxylic acid groups (broad SMARTS) is 1. The first-order valence-electron chi connectivity index (χ1n) is 6.87. The Kier molecular flexibility index (Phi) is 4.29. The lowest BCUT2D eigenvalue weighted by atomic mass is 10.0. The lowest BCUT2D eigenvalue weighted by molar-refractivity contribution is -0.141. The van der Waals surface area contributed by atoms with E-state index in [9.17, 15) is 14.7 Å². The third-order valence-corrected chi connectivity index (χ3v) is 4.18. The van der Waals surface area contributed by atoms with Crippen LogP contribution < -0.4 is 0 Å². The molecule has 108 valence electrons. The molecule has 0 saturated carbocycles. The van der Waals surface area contributed by atoms with Crippen LogP contribution in [-0.4, -0.2) is 65.3 Å². The molecule has 2 amide bonds. The molecule has 2 rings (SSSR count). The van der Waals surface area contributed by atoms with Crippen LogP contribution in [0, 0.1) is 0 Å². The number of carbonyl (C=O) groups is 2. The molecular weight excluding hydrogens is 248 g/mol. The van der Waals surface area contributed by atoms with Gasteiger partial charge in [0.2, 0.25) is 0 Å². The maximum atomic E-state index is 12.5. The minimum absolute atomic E-state index is 0.154. The van der Waals surface area contributed by atoms with Crippen molar-refractivity contribution in [2.45, 2.75) is 50.8 Å². The Labute approximate surface area is 113 Å². The number of rotatable bonds is 2. The van der Waals surface area contributed by atoms with E-state index in [0.29, 0.717) is 13.0 Å². The molecule has 0 aromatic rings. The lowest BCUT2D eigenvalue weighted by Gasteiger charge is -2.37. The number of ether oxygens (including phenoxy) is 1. The Morgan fingerprint density at radius 1 is 1.26 bits per heavy atom. The molecule has 0 aliphatic carbocycles. The first-order valence-corrected chi connectivity index (χ1v) is 6.87. The molecule has 3 unspecified atom stereocenters. The minimum Gasteiger partial charge on any atom is -0.480 e. The predicted octanol–water partition coefficient (Wildman–Crippen LogP) is 1.15. The summed E-state index contributed by atoms with van der Waals surface area (Å²) in [6.07, 6.45) is 3.32. The molecule has 6 heteroatoms. The molecule has 2 saturated heterocycles. The van der Waals surface area contributed by atoms with Crippen molar-refractivity contribution in [2.75, 3.05) is 20.2 Å². The van der Waals surface area contributed by atoms with E-state index >= 15 is 0 Å². The van der Waals surface area contributed by atoms with Gasteiger partial charge in [0, 0.05) is 32.7 Å². The standard InChI is InChI=1S/C13H22N2O4/c1-9-5-3-4-6-14(9)13(18)15-8-10(19-2)7-11(15)12(16)17/h9-11H,3-8H2,1-2H3,(H,16,17). The summed E-state index contributed by atoms with van der Waals surface area (Å²) in [7, 11) is 1.56. The number of likely N-dealkylation sites (tertiary alicyclic amines) is 2. The van der Waals surface area contributed by atoms with Crippen molar-refractivity contribution in [3.05, 3.63) is 0 Å². The number of aliphatic carboxylic acids is 1. The molecule has 1 N–H and O–H groups in total. The van der Waals surface area contributed by atoms with Crippen molar-refractivity contribution in [1.82, 2.24) is 9.80 Å². The van der Waals surface area contributed by atoms with Crippen LogP contribution in [0.4, 0.5) is 4.79 Å². The maximum absolute atomic E-state index is 12.5. The topological polar surface area (TPSA) is 70.1 Å². The summed E-state index contributed by atoms with van der Waals surface area (Å²) >= 11 is 0. The van der Waals surface area contributed by atoms with Gasteiger partial charge in [0.15, 0.2) is 0 Å². The van der Waals surface area contributed by atoms with Crippen molar-refractivity contribution in [3.63, 3.8) is 0 Å². The third kappa shape index (κ3) is 2.83. The second-order valence-corrected chi connectivity index (χ2v) is 5.42. The van der Waals surface area contributed by atoms with Gasteiger partial charge in [-0.05, 0) is 26.2 Å². The average Bonchev–Trinajstić information content (AvgIpc) is 2.83. The van der Waals surface area contributed by atoms with Crippen LogP contribution in [0.15, 0.2) is 0 Å². The number of hydrogen-bond acceptors (Lipinski definition) is 3. The number of amides is 2. The second-order valence-electron chi connectivity index (χ2n) is 5.42. The fraction of sp³-hybridized carbons (Fsp3) is 0.846. The Hall–Kier alpha value is -1.30. The van der Waals surface area contributed by atoms with Gasteiger partial charge in [-0.15, -0.1) is 0 Å². The number of hydrogen-bond donors (Lipinski definition) is 1. The van der Waals surface area contributed by atoms with Gasteiger partial charge < -0.3 is 19.6 Å².